The summed E-state index contributed by atoms with van der Waals surface area (Å²) >= 11 is 0. The zero-order chi connectivity index (χ0) is 34.2. The van der Waals surface area contributed by atoms with E-state index in [2.05, 4.69) is 100 Å². The van der Waals surface area contributed by atoms with E-state index in [1.165, 1.54) is 32.3 Å². The molecule has 11 rings (SSSR count). The number of fused-ring (bicyclic) bond motifs is 4. The van der Waals surface area contributed by atoms with Crippen LogP contribution in [-0.2, 0) is 0 Å². The Bertz CT molecular complexity index is 3050. The van der Waals surface area contributed by atoms with Crippen molar-refractivity contribution in [2.24, 2.45) is 0 Å². The number of aromatic nitrogens is 6. The normalized spacial score (nSPS) is 11.8. The highest BCUT2D eigenvalue weighted by atomic mass is 15.1. The summed E-state index contributed by atoms with van der Waals surface area (Å²) < 4.78 is 4.69. The standard InChI is InChI=1S/C46H28N6/c1-3-13-30(14-4-1)44-48-45(31-15-5-2-6-16-31)50-46(49-44)32-18-11-19-33(27-32)51-37-22-12-17-29-24-25-35-42-34-20-7-8-21-36(34)52(40-23-9-10-26-47-40)38(42)28-39(51)43(35)41(29)37/h1-28H. The zero-order valence-corrected chi connectivity index (χ0v) is 27.8. The molecule has 7 aromatic carbocycles. The maximum atomic E-state index is 5.04. The van der Waals surface area contributed by atoms with E-state index in [0.29, 0.717) is 17.5 Å². The second-order valence-corrected chi connectivity index (χ2v) is 13.1. The van der Waals surface area contributed by atoms with E-state index in [4.69, 9.17) is 19.9 Å². The van der Waals surface area contributed by atoms with E-state index in [1.54, 1.807) is 0 Å². The van der Waals surface area contributed by atoms with Crippen LogP contribution in [0.1, 0.15) is 0 Å². The van der Waals surface area contributed by atoms with Crippen LogP contribution in [0.3, 0.4) is 0 Å². The molecule has 0 saturated heterocycles. The van der Waals surface area contributed by atoms with E-state index in [9.17, 15) is 0 Å². The Kier molecular flexibility index (Phi) is 6.15. The fourth-order valence-electron chi connectivity index (χ4n) is 7.94. The van der Waals surface area contributed by atoms with Crippen molar-refractivity contribution >= 4 is 54.4 Å². The minimum absolute atomic E-state index is 0.625. The van der Waals surface area contributed by atoms with Crippen molar-refractivity contribution in [3.63, 3.8) is 0 Å². The molecule has 0 aliphatic heterocycles. The summed E-state index contributed by atoms with van der Waals surface area (Å²) in [5, 5.41) is 7.41. The summed E-state index contributed by atoms with van der Waals surface area (Å²) in [7, 11) is 0. The molecule has 6 nitrogen and oxygen atoms in total. The number of para-hydroxylation sites is 1. The minimum atomic E-state index is 0.625. The molecular formula is C46H28N6. The van der Waals surface area contributed by atoms with Gasteiger partial charge in [0.25, 0.3) is 0 Å². The Morgan fingerprint density at radius 2 is 1.00 bits per heavy atom. The Balaban J connectivity index is 1.20. The average Bonchev–Trinajstić information content (AvgIpc) is 3.74. The van der Waals surface area contributed by atoms with Gasteiger partial charge in [0.05, 0.1) is 22.1 Å². The van der Waals surface area contributed by atoms with Gasteiger partial charge in [-0.15, -0.1) is 0 Å². The van der Waals surface area contributed by atoms with Gasteiger partial charge in [0.1, 0.15) is 5.82 Å². The summed E-state index contributed by atoms with van der Waals surface area (Å²) in [5.41, 5.74) is 8.38. The Morgan fingerprint density at radius 1 is 0.365 bits per heavy atom. The van der Waals surface area contributed by atoms with Crippen LogP contribution in [0.5, 0.6) is 0 Å². The highest BCUT2D eigenvalue weighted by Gasteiger charge is 2.23. The van der Waals surface area contributed by atoms with Crippen LogP contribution in [0.4, 0.5) is 0 Å². The molecule has 0 fully saturated rings. The van der Waals surface area contributed by atoms with Gasteiger partial charge in [-0.05, 0) is 53.2 Å². The average molecular weight is 665 g/mol. The molecule has 0 N–H and O–H groups in total. The molecule has 0 radical (unpaired) electrons. The Hall–Kier alpha value is -7.18. The molecule has 0 saturated carbocycles. The first-order valence-electron chi connectivity index (χ1n) is 17.4. The lowest BCUT2D eigenvalue weighted by Gasteiger charge is -2.12. The fourth-order valence-corrected chi connectivity index (χ4v) is 7.94. The van der Waals surface area contributed by atoms with Crippen LogP contribution >= 0.6 is 0 Å². The molecule has 4 aromatic heterocycles. The van der Waals surface area contributed by atoms with Crippen molar-refractivity contribution in [2.75, 3.05) is 0 Å². The maximum absolute atomic E-state index is 5.04. The summed E-state index contributed by atoms with van der Waals surface area (Å²) in [6, 6.07) is 57.0. The van der Waals surface area contributed by atoms with Crippen molar-refractivity contribution < 1.29 is 0 Å². The second kappa shape index (κ2) is 11.2. The summed E-state index contributed by atoms with van der Waals surface area (Å²) in [6.07, 6.45) is 1.86. The van der Waals surface area contributed by atoms with Crippen molar-refractivity contribution in [1.82, 2.24) is 29.1 Å². The lowest BCUT2D eigenvalue weighted by Crippen LogP contribution is -2.01. The third kappa shape index (κ3) is 4.25. The van der Waals surface area contributed by atoms with Crippen LogP contribution in [0, 0.1) is 0 Å². The molecule has 11 aromatic rings. The number of rotatable bonds is 5. The van der Waals surface area contributed by atoms with Gasteiger partial charge in [-0.25, -0.2) is 19.9 Å². The van der Waals surface area contributed by atoms with E-state index in [0.717, 1.165) is 50.3 Å². The van der Waals surface area contributed by atoms with Gasteiger partial charge in [-0.1, -0.05) is 121 Å². The fraction of sp³-hybridized carbons (Fsp3) is 0. The van der Waals surface area contributed by atoms with Crippen LogP contribution in [0.15, 0.2) is 170 Å². The van der Waals surface area contributed by atoms with Gasteiger partial charge in [-0.2, -0.15) is 0 Å². The lowest BCUT2D eigenvalue weighted by molar-refractivity contribution is 1.07. The van der Waals surface area contributed by atoms with Gasteiger partial charge in [0.2, 0.25) is 0 Å². The summed E-state index contributed by atoms with van der Waals surface area (Å²) in [6.45, 7) is 0. The first-order chi connectivity index (χ1) is 25.8. The third-order valence-corrected chi connectivity index (χ3v) is 10.2. The van der Waals surface area contributed by atoms with Crippen LogP contribution < -0.4 is 0 Å². The molecule has 0 atom stereocenters. The maximum Gasteiger partial charge on any atom is 0.164 e. The molecule has 6 heteroatoms. The zero-order valence-electron chi connectivity index (χ0n) is 27.8. The van der Waals surface area contributed by atoms with Gasteiger partial charge in [-0.3, -0.25) is 4.57 Å². The predicted molar refractivity (Wildman–Crippen MR) is 211 cm³/mol. The SMILES string of the molecule is c1ccc(-c2nc(-c3ccccc3)nc(-c3cccc(-n4c5cccc6ccc7c8c9ccccc9n(-c9ccccn9)c8cc4c7c65)c3)n2)cc1. The minimum Gasteiger partial charge on any atom is -0.309 e. The number of benzene rings is 7. The third-order valence-electron chi connectivity index (χ3n) is 10.2. The molecule has 0 spiro atoms. The largest absolute Gasteiger partial charge is 0.309 e. The molecule has 0 aliphatic carbocycles. The molecule has 242 valence electrons. The molecule has 0 unspecified atom stereocenters. The van der Waals surface area contributed by atoms with Crippen LogP contribution in [0.2, 0.25) is 0 Å². The molecular weight excluding hydrogens is 637 g/mol. The first-order valence-corrected chi connectivity index (χ1v) is 17.4. The van der Waals surface area contributed by atoms with Gasteiger partial charge in [0, 0.05) is 50.1 Å². The lowest BCUT2D eigenvalue weighted by atomic mass is 9.98. The van der Waals surface area contributed by atoms with Crippen molar-refractivity contribution in [2.45, 2.75) is 0 Å². The number of pyridine rings is 1. The number of nitrogens with zero attached hydrogens (tertiary/aromatic N) is 6. The van der Waals surface area contributed by atoms with Gasteiger partial charge >= 0.3 is 0 Å². The Morgan fingerprint density at radius 3 is 1.75 bits per heavy atom. The van der Waals surface area contributed by atoms with Crippen LogP contribution in [-0.4, -0.2) is 29.1 Å². The van der Waals surface area contributed by atoms with Crippen molar-refractivity contribution in [3.8, 4) is 45.7 Å². The highest BCUT2D eigenvalue weighted by Crippen LogP contribution is 2.45. The smallest absolute Gasteiger partial charge is 0.164 e. The first kappa shape index (κ1) is 28.6. The van der Waals surface area contributed by atoms with E-state index in [1.807, 2.05) is 79.0 Å². The van der Waals surface area contributed by atoms with E-state index in [-0.39, 0.29) is 0 Å². The Labute approximate surface area is 298 Å². The number of hydrogen-bond donors (Lipinski definition) is 0. The van der Waals surface area contributed by atoms with Crippen molar-refractivity contribution in [3.05, 3.63) is 170 Å². The topological polar surface area (TPSA) is 61.4 Å². The monoisotopic (exact) mass is 664 g/mol. The van der Waals surface area contributed by atoms with Gasteiger partial charge in [0.15, 0.2) is 17.5 Å². The highest BCUT2D eigenvalue weighted by molar-refractivity contribution is 6.33. The predicted octanol–water partition coefficient (Wildman–Crippen LogP) is 11.1. The molecule has 0 amide bonds. The van der Waals surface area contributed by atoms with E-state index < -0.39 is 0 Å². The van der Waals surface area contributed by atoms with Gasteiger partial charge < -0.3 is 4.57 Å². The second-order valence-electron chi connectivity index (χ2n) is 13.1. The number of hydrogen-bond acceptors (Lipinski definition) is 4. The summed E-state index contributed by atoms with van der Waals surface area (Å²) in [4.78, 5) is 19.8. The molecule has 0 aliphatic rings. The molecule has 52 heavy (non-hydrogen) atoms. The molecule has 0 bridgehead atoms. The van der Waals surface area contributed by atoms with Crippen LogP contribution in [0.25, 0.3) is 100 Å². The van der Waals surface area contributed by atoms with Crippen molar-refractivity contribution in [1.29, 1.82) is 0 Å². The summed E-state index contributed by atoms with van der Waals surface area (Å²) in [5.74, 6) is 2.80. The molecule has 4 heterocycles. The quantitative estimate of drug-likeness (QED) is 0.172. The van der Waals surface area contributed by atoms with E-state index >= 15 is 0 Å².